The number of alkyl halides is 3. The Hall–Kier alpha value is -1.57. The summed E-state index contributed by atoms with van der Waals surface area (Å²) in [6.45, 7) is 0. The van der Waals surface area contributed by atoms with Crippen molar-refractivity contribution in [3.63, 3.8) is 0 Å². The minimum absolute atomic E-state index is 0.101. The van der Waals surface area contributed by atoms with Crippen LogP contribution in [0.1, 0.15) is 37.9 Å². The van der Waals surface area contributed by atoms with Gasteiger partial charge < -0.3 is 15.0 Å². The van der Waals surface area contributed by atoms with Crippen LogP contribution in [-0.2, 0) is 17.4 Å². The fourth-order valence-corrected chi connectivity index (χ4v) is 2.65. The molecule has 0 saturated heterocycles. The molecule has 1 aliphatic rings. The second-order valence-electron chi connectivity index (χ2n) is 5.45. The SMILES string of the molecule is Cn1ccnc1[C@@](O)(CC(=O)NC1CCCC1)C(F)(F)F. The molecule has 0 radical (unpaired) electrons. The van der Waals surface area contributed by atoms with E-state index in [1.54, 1.807) is 0 Å². The maximum Gasteiger partial charge on any atom is 0.425 e. The number of carbonyl (C=O) groups is 1. The molecule has 21 heavy (non-hydrogen) atoms. The Labute approximate surface area is 120 Å². The summed E-state index contributed by atoms with van der Waals surface area (Å²) in [6, 6.07) is -0.101. The standard InChI is InChI=1S/C13H18F3N3O2/c1-19-7-6-17-11(19)12(21,13(14,15)16)8-10(20)18-9-4-2-3-5-9/h6-7,9,21H,2-5,8H2,1H3,(H,18,20)/t12-/m0/s1. The van der Waals surface area contributed by atoms with Gasteiger partial charge in [0.2, 0.25) is 11.5 Å². The van der Waals surface area contributed by atoms with Crippen molar-refractivity contribution in [2.75, 3.05) is 0 Å². The van der Waals surface area contributed by atoms with E-state index in [1.165, 1.54) is 13.2 Å². The molecule has 1 aromatic rings. The average Bonchev–Trinajstić information content (AvgIpc) is 2.98. The molecule has 2 rings (SSSR count). The molecule has 0 aliphatic heterocycles. The number of aromatic nitrogens is 2. The van der Waals surface area contributed by atoms with Crippen molar-refractivity contribution in [2.24, 2.45) is 7.05 Å². The van der Waals surface area contributed by atoms with Gasteiger partial charge in [-0.05, 0) is 12.8 Å². The fourth-order valence-electron chi connectivity index (χ4n) is 2.65. The third-order valence-electron chi connectivity index (χ3n) is 3.80. The van der Waals surface area contributed by atoms with Crippen LogP contribution >= 0.6 is 0 Å². The Bertz CT molecular complexity index is 509. The molecule has 8 heteroatoms. The monoisotopic (exact) mass is 305 g/mol. The van der Waals surface area contributed by atoms with Gasteiger partial charge in [-0.2, -0.15) is 13.2 Å². The van der Waals surface area contributed by atoms with Crippen molar-refractivity contribution in [1.82, 2.24) is 14.9 Å². The van der Waals surface area contributed by atoms with Crippen LogP contribution in [0.5, 0.6) is 0 Å². The zero-order valence-electron chi connectivity index (χ0n) is 11.7. The maximum atomic E-state index is 13.2. The lowest BCUT2D eigenvalue weighted by atomic mass is 9.97. The topological polar surface area (TPSA) is 67.1 Å². The average molecular weight is 305 g/mol. The number of nitrogens with one attached hydrogen (secondary N) is 1. The van der Waals surface area contributed by atoms with Crippen molar-refractivity contribution >= 4 is 5.91 Å². The summed E-state index contributed by atoms with van der Waals surface area (Å²) in [5.74, 6) is -1.40. The van der Waals surface area contributed by atoms with E-state index < -0.39 is 29.9 Å². The molecule has 1 aliphatic carbocycles. The molecule has 1 atom stereocenters. The highest BCUT2D eigenvalue weighted by molar-refractivity contribution is 5.77. The molecule has 1 heterocycles. The highest BCUT2D eigenvalue weighted by Gasteiger charge is 2.58. The molecule has 1 saturated carbocycles. The summed E-state index contributed by atoms with van der Waals surface area (Å²) < 4.78 is 40.8. The van der Waals surface area contributed by atoms with Crippen LogP contribution in [0.3, 0.4) is 0 Å². The largest absolute Gasteiger partial charge is 0.425 e. The number of aryl methyl sites for hydroxylation is 1. The molecule has 5 nitrogen and oxygen atoms in total. The lowest BCUT2D eigenvalue weighted by molar-refractivity contribution is -0.271. The van der Waals surface area contributed by atoms with Crippen molar-refractivity contribution < 1.29 is 23.1 Å². The number of imidazole rings is 1. The summed E-state index contributed by atoms with van der Waals surface area (Å²) >= 11 is 0. The van der Waals surface area contributed by atoms with E-state index >= 15 is 0 Å². The Morgan fingerprint density at radius 1 is 1.48 bits per heavy atom. The van der Waals surface area contributed by atoms with Crippen molar-refractivity contribution in [3.05, 3.63) is 18.2 Å². The Morgan fingerprint density at radius 3 is 2.57 bits per heavy atom. The maximum absolute atomic E-state index is 13.2. The summed E-state index contributed by atoms with van der Waals surface area (Å²) in [4.78, 5) is 15.4. The predicted molar refractivity (Wildman–Crippen MR) is 68.2 cm³/mol. The van der Waals surface area contributed by atoms with Crippen LogP contribution in [0, 0.1) is 0 Å². The highest BCUT2D eigenvalue weighted by Crippen LogP contribution is 2.40. The third kappa shape index (κ3) is 3.20. The molecule has 1 aromatic heterocycles. The number of halogens is 3. The van der Waals surface area contributed by atoms with Crippen LogP contribution in [0.15, 0.2) is 12.4 Å². The highest BCUT2D eigenvalue weighted by atomic mass is 19.4. The van der Waals surface area contributed by atoms with Crippen molar-refractivity contribution in [2.45, 2.75) is 49.9 Å². The molecular weight excluding hydrogens is 287 g/mol. The zero-order chi connectivity index (χ0) is 15.7. The number of hydrogen-bond acceptors (Lipinski definition) is 3. The quantitative estimate of drug-likeness (QED) is 0.888. The van der Waals surface area contributed by atoms with Gasteiger partial charge in [-0.1, -0.05) is 12.8 Å². The lowest BCUT2D eigenvalue weighted by Gasteiger charge is -2.29. The van der Waals surface area contributed by atoms with E-state index in [-0.39, 0.29) is 6.04 Å². The van der Waals surface area contributed by atoms with Gasteiger partial charge in [-0.15, -0.1) is 0 Å². The molecule has 0 unspecified atom stereocenters. The smallest absolute Gasteiger partial charge is 0.374 e. The van der Waals surface area contributed by atoms with Crippen LogP contribution < -0.4 is 5.32 Å². The Morgan fingerprint density at radius 2 is 2.10 bits per heavy atom. The molecule has 0 spiro atoms. The van der Waals surface area contributed by atoms with Gasteiger partial charge in [0, 0.05) is 25.5 Å². The minimum atomic E-state index is -4.99. The van der Waals surface area contributed by atoms with Gasteiger partial charge in [0.05, 0.1) is 6.42 Å². The van der Waals surface area contributed by atoms with Gasteiger partial charge in [0.25, 0.3) is 0 Å². The van der Waals surface area contributed by atoms with Gasteiger partial charge in [0.15, 0.2) is 5.82 Å². The number of hydrogen-bond donors (Lipinski definition) is 2. The molecule has 1 fully saturated rings. The predicted octanol–water partition coefficient (Wildman–Crippen LogP) is 1.62. The Balaban J connectivity index is 2.17. The van der Waals surface area contributed by atoms with E-state index in [9.17, 15) is 23.1 Å². The number of nitrogens with zero attached hydrogens (tertiary/aromatic N) is 2. The van der Waals surface area contributed by atoms with E-state index in [0.717, 1.165) is 36.4 Å². The van der Waals surface area contributed by atoms with Gasteiger partial charge >= 0.3 is 6.18 Å². The molecular formula is C13H18F3N3O2. The van der Waals surface area contributed by atoms with Gasteiger partial charge in [0.1, 0.15) is 0 Å². The molecule has 1 amide bonds. The second kappa shape index (κ2) is 5.67. The number of aliphatic hydroxyl groups is 1. The van der Waals surface area contributed by atoms with E-state index in [4.69, 9.17) is 0 Å². The molecule has 2 N–H and O–H groups in total. The summed E-state index contributed by atoms with van der Waals surface area (Å²) in [6.07, 6.45) is -0.197. The molecule has 0 aromatic carbocycles. The van der Waals surface area contributed by atoms with E-state index in [0.29, 0.717) is 0 Å². The van der Waals surface area contributed by atoms with Crippen molar-refractivity contribution in [3.8, 4) is 0 Å². The number of amides is 1. The summed E-state index contributed by atoms with van der Waals surface area (Å²) in [5.41, 5.74) is -3.28. The minimum Gasteiger partial charge on any atom is -0.374 e. The first-order chi connectivity index (χ1) is 9.74. The van der Waals surface area contributed by atoms with Gasteiger partial charge in [-0.25, -0.2) is 4.98 Å². The van der Waals surface area contributed by atoms with Crippen LogP contribution in [-0.4, -0.2) is 32.8 Å². The van der Waals surface area contributed by atoms with Crippen LogP contribution in [0.25, 0.3) is 0 Å². The zero-order valence-corrected chi connectivity index (χ0v) is 11.7. The summed E-state index contributed by atoms with van der Waals surface area (Å²) in [5, 5.41) is 12.6. The fraction of sp³-hybridized carbons (Fsp3) is 0.692. The Kier molecular flexibility index (Phi) is 4.27. The van der Waals surface area contributed by atoms with E-state index in [2.05, 4.69) is 10.3 Å². The first-order valence-corrected chi connectivity index (χ1v) is 6.80. The number of rotatable bonds is 4. The van der Waals surface area contributed by atoms with Crippen LogP contribution in [0.2, 0.25) is 0 Å². The second-order valence-corrected chi connectivity index (χ2v) is 5.45. The molecule has 0 bridgehead atoms. The van der Waals surface area contributed by atoms with Gasteiger partial charge in [-0.3, -0.25) is 4.79 Å². The summed E-state index contributed by atoms with van der Waals surface area (Å²) in [7, 11) is 1.34. The normalized spacial score (nSPS) is 19.5. The lowest BCUT2D eigenvalue weighted by Crippen LogP contribution is -2.48. The van der Waals surface area contributed by atoms with E-state index in [1.807, 2.05) is 0 Å². The first-order valence-electron chi connectivity index (χ1n) is 6.80. The van der Waals surface area contributed by atoms with Crippen molar-refractivity contribution in [1.29, 1.82) is 0 Å². The third-order valence-corrected chi connectivity index (χ3v) is 3.80. The first kappa shape index (κ1) is 15.8. The molecule has 118 valence electrons. The van der Waals surface area contributed by atoms with Crippen LogP contribution in [0.4, 0.5) is 13.2 Å². The number of carbonyl (C=O) groups excluding carboxylic acids is 1.